The molecule has 0 saturated heterocycles. The Labute approximate surface area is 113 Å². The molecule has 2 N–H and O–H groups in total. The molecule has 0 spiro atoms. The molecule has 0 aliphatic rings. The smallest absolute Gasteiger partial charge is 0.224 e. The minimum Gasteiger partial charge on any atom is -0.505 e. The first-order valence-corrected chi connectivity index (χ1v) is 6.73. The number of hydrogen-bond donors (Lipinski definition) is 2. The molecule has 0 saturated carbocycles. The molecule has 0 aliphatic heterocycles. The molecule has 0 aromatic heterocycles. The summed E-state index contributed by atoms with van der Waals surface area (Å²) >= 11 is 0. The summed E-state index contributed by atoms with van der Waals surface area (Å²) in [4.78, 5) is 11.8. The summed E-state index contributed by atoms with van der Waals surface area (Å²) in [6.45, 7) is 2.10. The summed E-state index contributed by atoms with van der Waals surface area (Å²) in [5.74, 6) is 0.0981. The zero-order valence-electron chi connectivity index (χ0n) is 11.1. The van der Waals surface area contributed by atoms with Gasteiger partial charge >= 0.3 is 0 Å². The molecule has 2 aromatic rings. The molecule has 0 bridgehead atoms. The van der Waals surface area contributed by atoms with Crippen molar-refractivity contribution in [3.8, 4) is 5.75 Å². The molecule has 0 heterocycles. The maximum atomic E-state index is 11.8. The fraction of sp³-hybridized carbons (Fsp3) is 0.312. The van der Waals surface area contributed by atoms with Gasteiger partial charge in [-0.25, -0.2) is 0 Å². The molecule has 0 unspecified atom stereocenters. The van der Waals surface area contributed by atoms with E-state index in [0.29, 0.717) is 12.1 Å². The van der Waals surface area contributed by atoms with E-state index >= 15 is 0 Å². The SMILES string of the molecule is CCCCCC(=O)Nc1ccc2ccccc2c1O. The van der Waals surface area contributed by atoms with E-state index in [-0.39, 0.29) is 11.7 Å². The lowest BCUT2D eigenvalue weighted by atomic mass is 10.1. The summed E-state index contributed by atoms with van der Waals surface area (Å²) in [6, 6.07) is 11.2. The van der Waals surface area contributed by atoms with Crippen molar-refractivity contribution >= 4 is 22.4 Å². The van der Waals surface area contributed by atoms with Crippen molar-refractivity contribution in [2.45, 2.75) is 32.6 Å². The highest BCUT2D eigenvalue weighted by Gasteiger charge is 2.08. The first-order valence-electron chi connectivity index (χ1n) is 6.73. The molecule has 1 amide bonds. The number of carbonyl (C=O) groups excluding carboxylic acids is 1. The molecule has 2 rings (SSSR count). The van der Waals surface area contributed by atoms with E-state index in [1.54, 1.807) is 6.07 Å². The molecule has 0 fully saturated rings. The summed E-state index contributed by atoms with van der Waals surface area (Å²) in [7, 11) is 0. The first kappa shape index (κ1) is 13.4. The second kappa shape index (κ2) is 6.23. The van der Waals surface area contributed by atoms with Crippen LogP contribution in [-0.4, -0.2) is 11.0 Å². The predicted octanol–water partition coefficient (Wildman–Crippen LogP) is 4.06. The van der Waals surface area contributed by atoms with Crippen LogP contribution < -0.4 is 5.32 Å². The third kappa shape index (κ3) is 3.25. The van der Waals surface area contributed by atoms with Gasteiger partial charge in [-0.3, -0.25) is 4.79 Å². The number of fused-ring (bicyclic) bond motifs is 1. The predicted molar refractivity (Wildman–Crippen MR) is 78.4 cm³/mol. The van der Waals surface area contributed by atoms with Crippen molar-refractivity contribution in [2.24, 2.45) is 0 Å². The average molecular weight is 257 g/mol. The molecular formula is C16H19NO2. The summed E-state index contributed by atoms with van der Waals surface area (Å²) < 4.78 is 0. The number of phenolic OH excluding ortho intramolecular Hbond substituents is 1. The topological polar surface area (TPSA) is 49.3 Å². The third-order valence-corrected chi connectivity index (χ3v) is 3.18. The van der Waals surface area contributed by atoms with Crippen molar-refractivity contribution < 1.29 is 9.90 Å². The fourth-order valence-corrected chi connectivity index (χ4v) is 2.10. The van der Waals surface area contributed by atoms with E-state index in [1.165, 1.54) is 0 Å². The Morgan fingerprint density at radius 2 is 1.95 bits per heavy atom. The van der Waals surface area contributed by atoms with Gasteiger partial charge in [-0.15, -0.1) is 0 Å². The first-order chi connectivity index (χ1) is 9.22. The Balaban J connectivity index is 2.12. The molecule has 0 aliphatic carbocycles. The second-order valence-corrected chi connectivity index (χ2v) is 4.69. The van der Waals surface area contributed by atoms with Crippen LogP contribution in [0.3, 0.4) is 0 Å². The summed E-state index contributed by atoms with van der Waals surface area (Å²) in [5.41, 5.74) is 0.486. The highest BCUT2D eigenvalue weighted by Crippen LogP contribution is 2.32. The zero-order chi connectivity index (χ0) is 13.7. The van der Waals surface area contributed by atoms with E-state index in [1.807, 2.05) is 30.3 Å². The van der Waals surface area contributed by atoms with Gasteiger partial charge in [0, 0.05) is 11.8 Å². The molecule has 100 valence electrons. The average Bonchev–Trinajstić information content (AvgIpc) is 2.43. The van der Waals surface area contributed by atoms with Gasteiger partial charge in [-0.05, 0) is 17.9 Å². The zero-order valence-corrected chi connectivity index (χ0v) is 11.1. The van der Waals surface area contributed by atoms with Gasteiger partial charge in [0.05, 0.1) is 5.69 Å². The van der Waals surface area contributed by atoms with Crippen LogP contribution in [0.15, 0.2) is 36.4 Å². The van der Waals surface area contributed by atoms with Gasteiger partial charge in [0.2, 0.25) is 5.91 Å². The highest BCUT2D eigenvalue weighted by atomic mass is 16.3. The standard InChI is InChI=1S/C16H19NO2/c1-2-3-4-9-15(18)17-14-11-10-12-7-5-6-8-13(12)16(14)19/h5-8,10-11,19H,2-4,9H2,1H3,(H,17,18). The van der Waals surface area contributed by atoms with Crippen LogP contribution in [0.4, 0.5) is 5.69 Å². The van der Waals surface area contributed by atoms with Crippen LogP contribution in [0.2, 0.25) is 0 Å². The van der Waals surface area contributed by atoms with E-state index in [4.69, 9.17) is 0 Å². The molecule has 0 atom stereocenters. The molecule has 2 aromatic carbocycles. The van der Waals surface area contributed by atoms with Gasteiger partial charge in [-0.2, -0.15) is 0 Å². The molecule has 0 radical (unpaired) electrons. The quantitative estimate of drug-likeness (QED) is 0.626. The van der Waals surface area contributed by atoms with Gasteiger partial charge in [0.25, 0.3) is 0 Å². The lowest BCUT2D eigenvalue weighted by molar-refractivity contribution is -0.116. The Bertz CT molecular complexity index is 578. The molecular weight excluding hydrogens is 238 g/mol. The summed E-state index contributed by atoms with van der Waals surface area (Å²) in [5, 5.41) is 14.6. The number of aromatic hydroxyl groups is 1. The van der Waals surface area contributed by atoms with Gasteiger partial charge in [0.15, 0.2) is 0 Å². The van der Waals surface area contributed by atoms with Crippen LogP contribution in [0.1, 0.15) is 32.6 Å². The number of phenols is 1. The lowest BCUT2D eigenvalue weighted by Crippen LogP contribution is -2.11. The van der Waals surface area contributed by atoms with Crippen molar-refractivity contribution in [2.75, 3.05) is 5.32 Å². The van der Waals surface area contributed by atoms with Crippen LogP contribution in [-0.2, 0) is 4.79 Å². The Morgan fingerprint density at radius 1 is 1.16 bits per heavy atom. The van der Waals surface area contributed by atoms with Crippen LogP contribution >= 0.6 is 0 Å². The number of unbranched alkanes of at least 4 members (excludes halogenated alkanes) is 2. The van der Waals surface area contributed by atoms with E-state index < -0.39 is 0 Å². The molecule has 3 heteroatoms. The number of rotatable bonds is 5. The number of amides is 1. The van der Waals surface area contributed by atoms with Crippen molar-refractivity contribution in [3.05, 3.63) is 36.4 Å². The second-order valence-electron chi connectivity index (χ2n) is 4.69. The number of benzene rings is 2. The maximum absolute atomic E-state index is 11.8. The highest BCUT2D eigenvalue weighted by molar-refractivity contribution is 5.99. The Kier molecular flexibility index (Phi) is 4.39. The number of hydrogen-bond acceptors (Lipinski definition) is 2. The van der Waals surface area contributed by atoms with E-state index in [0.717, 1.165) is 30.0 Å². The van der Waals surface area contributed by atoms with Crippen LogP contribution in [0, 0.1) is 0 Å². The molecule has 19 heavy (non-hydrogen) atoms. The Hall–Kier alpha value is -2.03. The maximum Gasteiger partial charge on any atom is 0.224 e. The van der Waals surface area contributed by atoms with Gasteiger partial charge in [0.1, 0.15) is 5.75 Å². The van der Waals surface area contributed by atoms with Crippen molar-refractivity contribution in [1.29, 1.82) is 0 Å². The number of anilines is 1. The number of nitrogens with one attached hydrogen (secondary N) is 1. The van der Waals surface area contributed by atoms with Crippen LogP contribution in [0.25, 0.3) is 10.8 Å². The van der Waals surface area contributed by atoms with Crippen molar-refractivity contribution in [1.82, 2.24) is 0 Å². The van der Waals surface area contributed by atoms with E-state index in [9.17, 15) is 9.90 Å². The summed E-state index contributed by atoms with van der Waals surface area (Å²) in [6.07, 6.45) is 3.53. The van der Waals surface area contributed by atoms with Crippen molar-refractivity contribution in [3.63, 3.8) is 0 Å². The normalized spacial score (nSPS) is 10.6. The largest absolute Gasteiger partial charge is 0.505 e. The minimum atomic E-state index is -0.0426. The Morgan fingerprint density at radius 3 is 2.74 bits per heavy atom. The minimum absolute atomic E-state index is 0.0426. The van der Waals surface area contributed by atoms with Gasteiger partial charge in [-0.1, -0.05) is 50.1 Å². The molecule has 3 nitrogen and oxygen atoms in total. The van der Waals surface area contributed by atoms with Gasteiger partial charge < -0.3 is 10.4 Å². The lowest BCUT2D eigenvalue weighted by Gasteiger charge is -2.09. The number of carbonyl (C=O) groups is 1. The third-order valence-electron chi connectivity index (χ3n) is 3.18. The fourth-order valence-electron chi connectivity index (χ4n) is 2.10. The monoisotopic (exact) mass is 257 g/mol. The van der Waals surface area contributed by atoms with Crippen LogP contribution in [0.5, 0.6) is 5.75 Å². The van der Waals surface area contributed by atoms with E-state index in [2.05, 4.69) is 12.2 Å².